The van der Waals surface area contributed by atoms with E-state index in [4.69, 9.17) is 5.73 Å². The van der Waals surface area contributed by atoms with Crippen molar-refractivity contribution in [2.75, 3.05) is 11.1 Å². The van der Waals surface area contributed by atoms with Crippen LogP contribution in [0.25, 0.3) is 0 Å². The normalized spacial score (nSPS) is 10.7. The van der Waals surface area contributed by atoms with Crippen LogP contribution in [0.3, 0.4) is 0 Å². The first-order valence-corrected chi connectivity index (χ1v) is 7.17. The molecule has 110 valence electrons. The number of amides is 1. The number of nitrogens with zero attached hydrogens (tertiary/aromatic N) is 1. The van der Waals surface area contributed by atoms with Crippen LogP contribution in [-0.4, -0.2) is 10.9 Å². The summed E-state index contributed by atoms with van der Waals surface area (Å²) in [5, 5.41) is 2.88. The van der Waals surface area contributed by atoms with Gasteiger partial charge in [0.25, 0.3) is 5.91 Å². The molecule has 0 saturated heterocycles. The molecular formula is C17H21N3O. The van der Waals surface area contributed by atoms with Gasteiger partial charge < -0.3 is 11.1 Å². The number of benzene rings is 1. The summed E-state index contributed by atoms with van der Waals surface area (Å²) in [6.45, 7) is 6.26. The lowest BCUT2D eigenvalue weighted by Crippen LogP contribution is -2.13. The maximum Gasteiger partial charge on any atom is 0.255 e. The minimum atomic E-state index is -0.170. The van der Waals surface area contributed by atoms with Gasteiger partial charge in [-0.15, -0.1) is 0 Å². The summed E-state index contributed by atoms with van der Waals surface area (Å²) in [5.41, 5.74) is 9.10. The van der Waals surface area contributed by atoms with Crippen LogP contribution < -0.4 is 11.1 Å². The maximum atomic E-state index is 12.3. The Kier molecular flexibility index (Phi) is 4.58. The van der Waals surface area contributed by atoms with Crippen molar-refractivity contribution >= 4 is 17.4 Å². The zero-order valence-corrected chi connectivity index (χ0v) is 12.7. The highest BCUT2D eigenvalue weighted by Crippen LogP contribution is 2.18. The predicted octanol–water partition coefficient (Wildman–Crippen LogP) is 3.60. The average Bonchev–Trinajstić information content (AvgIpc) is 2.47. The summed E-state index contributed by atoms with van der Waals surface area (Å²) >= 11 is 0. The zero-order valence-electron chi connectivity index (χ0n) is 12.7. The van der Waals surface area contributed by atoms with E-state index in [9.17, 15) is 4.79 Å². The fraction of sp³-hybridized carbons (Fsp3) is 0.294. The van der Waals surface area contributed by atoms with Crippen LogP contribution in [0.15, 0.2) is 36.4 Å². The van der Waals surface area contributed by atoms with Gasteiger partial charge in [0.15, 0.2) is 0 Å². The molecule has 0 aliphatic carbocycles. The fourth-order valence-electron chi connectivity index (χ4n) is 2.08. The molecule has 1 amide bonds. The van der Waals surface area contributed by atoms with E-state index in [1.54, 1.807) is 12.1 Å². The Morgan fingerprint density at radius 3 is 2.48 bits per heavy atom. The lowest BCUT2D eigenvalue weighted by Gasteiger charge is -2.09. The van der Waals surface area contributed by atoms with E-state index in [2.05, 4.69) is 24.1 Å². The molecule has 0 fully saturated rings. The number of carbonyl (C=O) groups is 1. The Morgan fingerprint density at radius 2 is 1.90 bits per heavy atom. The summed E-state index contributed by atoms with van der Waals surface area (Å²) in [7, 11) is 0. The molecule has 4 nitrogen and oxygen atoms in total. The monoisotopic (exact) mass is 283 g/mol. The summed E-state index contributed by atoms with van der Waals surface area (Å²) in [6, 6.07) is 11.2. The van der Waals surface area contributed by atoms with Crippen LogP contribution in [-0.2, 0) is 6.42 Å². The van der Waals surface area contributed by atoms with Crippen LogP contribution in [0.1, 0.15) is 48.3 Å². The number of rotatable bonds is 4. The molecule has 1 aromatic carbocycles. The summed E-state index contributed by atoms with van der Waals surface area (Å²) in [4.78, 5) is 16.4. The predicted molar refractivity (Wildman–Crippen MR) is 86.5 cm³/mol. The number of nitrogens with one attached hydrogen (secondary N) is 1. The number of aromatic nitrogens is 1. The number of hydrogen-bond acceptors (Lipinski definition) is 3. The van der Waals surface area contributed by atoms with Gasteiger partial charge in [-0.1, -0.05) is 32.9 Å². The van der Waals surface area contributed by atoms with E-state index in [1.165, 1.54) is 5.56 Å². The molecule has 2 rings (SSSR count). The van der Waals surface area contributed by atoms with Gasteiger partial charge in [0, 0.05) is 16.9 Å². The van der Waals surface area contributed by atoms with Gasteiger partial charge in [0.2, 0.25) is 0 Å². The van der Waals surface area contributed by atoms with Gasteiger partial charge in [0.1, 0.15) is 5.82 Å². The molecule has 1 heterocycles. The Morgan fingerprint density at radius 1 is 1.24 bits per heavy atom. The minimum Gasteiger partial charge on any atom is -0.384 e. The van der Waals surface area contributed by atoms with Gasteiger partial charge in [-0.25, -0.2) is 4.98 Å². The van der Waals surface area contributed by atoms with Crippen LogP contribution in [0.4, 0.5) is 11.5 Å². The number of aryl methyl sites for hydroxylation is 1. The van der Waals surface area contributed by atoms with E-state index < -0.39 is 0 Å². The smallest absolute Gasteiger partial charge is 0.255 e. The first-order chi connectivity index (χ1) is 9.99. The van der Waals surface area contributed by atoms with E-state index in [1.807, 2.05) is 31.2 Å². The third-order valence-electron chi connectivity index (χ3n) is 3.36. The van der Waals surface area contributed by atoms with Gasteiger partial charge in [-0.05, 0) is 42.2 Å². The van der Waals surface area contributed by atoms with Crippen LogP contribution in [0.5, 0.6) is 0 Å². The number of anilines is 2. The molecule has 4 heteroatoms. The van der Waals surface area contributed by atoms with Gasteiger partial charge in [-0.3, -0.25) is 4.79 Å². The molecule has 0 radical (unpaired) electrons. The van der Waals surface area contributed by atoms with Crippen molar-refractivity contribution in [3.63, 3.8) is 0 Å². The second-order valence-electron chi connectivity index (χ2n) is 5.36. The average molecular weight is 283 g/mol. The third-order valence-corrected chi connectivity index (χ3v) is 3.36. The highest BCUT2D eigenvalue weighted by atomic mass is 16.1. The van der Waals surface area contributed by atoms with Gasteiger partial charge in [0.05, 0.1) is 0 Å². The Hall–Kier alpha value is -2.36. The van der Waals surface area contributed by atoms with Crippen molar-refractivity contribution in [1.82, 2.24) is 4.98 Å². The zero-order chi connectivity index (χ0) is 15.4. The molecule has 3 N–H and O–H groups in total. The second-order valence-corrected chi connectivity index (χ2v) is 5.36. The molecule has 2 aromatic rings. The minimum absolute atomic E-state index is 0.170. The number of nitrogens with two attached hydrogens (primary N) is 1. The second kappa shape index (κ2) is 6.39. The quantitative estimate of drug-likeness (QED) is 0.900. The first kappa shape index (κ1) is 15.0. The lowest BCUT2D eigenvalue weighted by molar-refractivity contribution is 0.102. The van der Waals surface area contributed by atoms with Crippen LogP contribution in [0.2, 0.25) is 0 Å². The standard InChI is InChI=1S/C17H21N3O/c1-4-14-9-13(10-16(18)19-14)17(21)20-15-7-5-12(6-8-15)11(2)3/h5-11H,4H2,1-3H3,(H2,18,19)(H,20,21). The molecule has 0 unspecified atom stereocenters. The van der Waals surface area contributed by atoms with Crippen molar-refractivity contribution in [2.45, 2.75) is 33.1 Å². The number of hydrogen-bond donors (Lipinski definition) is 2. The fourth-order valence-corrected chi connectivity index (χ4v) is 2.08. The van der Waals surface area contributed by atoms with Gasteiger partial charge >= 0.3 is 0 Å². The summed E-state index contributed by atoms with van der Waals surface area (Å²) in [5.74, 6) is 0.674. The van der Waals surface area contributed by atoms with Crippen molar-refractivity contribution in [3.8, 4) is 0 Å². The first-order valence-electron chi connectivity index (χ1n) is 7.17. The molecule has 0 saturated carbocycles. The molecule has 21 heavy (non-hydrogen) atoms. The Labute approximate surface area is 125 Å². The van der Waals surface area contributed by atoms with Crippen LogP contribution in [0, 0.1) is 0 Å². The van der Waals surface area contributed by atoms with Crippen molar-refractivity contribution in [3.05, 3.63) is 53.2 Å². The van der Waals surface area contributed by atoms with Crippen molar-refractivity contribution in [2.24, 2.45) is 0 Å². The number of carbonyl (C=O) groups excluding carboxylic acids is 1. The molecule has 1 aromatic heterocycles. The molecule has 0 spiro atoms. The highest BCUT2D eigenvalue weighted by molar-refractivity contribution is 6.04. The topological polar surface area (TPSA) is 68.0 Å². The highest BCUT2D eigenvalue weighted by Gasteiger charge is 2.09. The number of pyridine rings is 1. The van der Waals surface area contributed by atoms with E-state index >= 15 is 0 Å². The largest absolute Gasteiger partial charge is 0.384 e. The van der Waals surface area contributed by atoms with Crippen LogP contribution >= 0.6 is 0 Å². The van der Waals surface area contributed by atoms with E-state index in [0.717, 1.165) is 17.8 Å². The molecule has 0 atom stereocenters. The molecular weight excluding hydrogens is 262 g/mol. The van der Waals surface area contributed by atoms with E-state index in [0.29, 0.717) is 17.3 Å². The molecule has 0 aliphatic heterocycles. The maximum absolute atomic E-state index is 12.3. The summed E-state index contributed by atoms with van der Waals surface area (Å²) in [6.07, 6.45) is 0.744. The summed E-state index contributed by atoms with van der Waals surface area (Å²) < 4.78 is 0. The SMILES string of the molecule is CCc1cc(C(=O)Nc2ccc(C(C)C)cc2)cc(N)n1. The third kappa shape index (κ3) is 3.81. The Bertz CT molecular complexity index is 633. The Balaban J connectivity index is 2.15. The lowest BCUT2D eigenvalue weighted by atomic mass is 10.0. The van der Waals surface area contributed by atoms with Crippen molar-refractivity contribution < 1.29 is 4.79 Å². The van der Waals surface area contributed by atoms with E-state index in [-0.39, 0.29) is 5.91 Å². The number of nitrogen functional groups attached to an aromatic ring is 1. The molecule has 0 aliphatic rings. The van der Waals surface area contributed by atoms with Gasteiger partial charge in [-0.2, -0.15) is 0 Å². The molecule has 0 bridgehead atoms. The van der Waals surface area contributed by atoms with Crippen molar-refractivity contribution in [1.29, 1.82) is 0 Å².